The van der Waals surface area contributed by atoms with Crippen molar-refractivity contribution >= 4 is 5.69 Å². The third-order valence-corrected chi connectivity index (χ3v) is 3.94. The summed E-state index contributed by atoms with van der Waals surface area (Å²) < 4.78 is 0. The number of hydrogen-bond acceptors (Lipinski definition) is 4. The maximum absolute atomic E-state index is 10.6. The van der Waals surface area contributed by atoms with Crippen LogP contribution in [0.25, 0.3) is 0 Å². The molecule has 5 heteroatoms. The first-order valence-electron chi connectivity index (χ1n) is 6.60. The van der Waals surface area contributed by atoms with Crippen molar-refractivity contribution < 1.29 is 4.92 Å². The van der Waals surface area contributed by atoms with E-state index in [1.807, 2.05) is 12.1 Å². The summed E-state index contributed by atoms with van der Waals surface area (Å²) in [6, 6.07) is 7.05. The molecule has 1 aromatic carbocycles. The van der Waals surface area contributed by atoms with Gasteiger partial charge in [0.05, 0.1) is 4.92 Å². The lowest BCUT2D eigenvalue weighted by Gasteiger charge is -2.42. The van der Waals surface area contributed by atoms with Gasteiger partial charge >= 0.3 is 0 Å². The van der Waals surface area contributed by atoms with Crippen LogP contribution in [0.1, 0.15) is 25.8 Å². The van der Waals surface area contributed by atoms with Crippen LogP contribution in [0, 0.1) is 15.5 Å². The van der Waals surface area contributed by atoms with Crippen LogP contribution in [0.2, 0.25) is 0 Å². The van der Waals surface area contributed by atoms with Gasteiger partial charge in [0.15, 0.2) is 0 Å². The van der Waals surface area contributed by atoms with Crippen LogP contribution < -0.4 is 5.73 Å². The van der Waals surface area contributed by atoms with Crippen molar-refractivity contribution in [2.75, 3.05) is 13.1 Å². The molecule has 1 heterocycles. The molecule has 1 aliphatic rings. The molecule has 0 aromatic heterocycles. The lowest BCUT2D eigenvalue weighted by atomic mass is 9.79. The molecule has 1 unspecified atom stereocenters. The van der Waals surface area contributed by atoms with Crippen molar-refractivity contribution in [3.8, 4) is 0 Å². The topological polar surface area (TPSA) is 72.4 Å². The lowest BCUT2D eigenvalue weighted by Crippen LogP contribution is -2.52. The monoisotopic (exact) mass is 263 g/mol. The minimum Gasteiger partial charge on any atom is -0.327 e. The first kappa shape index (κ1) is 14.0. The van der Waals surface area contributed by atoms with Gasteiger partial charge in [0.2, 0.25) is 0 Å². The number of nitrogens with two attached hydrogens (primary N) is 1. The van der Waals surface area contributed by atoms with Gasteiger partial charge in [0.25, 0.3) is 5.69 Å². The third-order valence-electron chi connectivity index (χ3n) is 3.94. The number of non-ortho nitro benzene ring substituents is 1. The van der Waals surface area contributed by atoms with E-state index in [0.717, 1.165) is 31.6 Å². The Balaban J connectivity index is 2.00. The number of likely N-dealkylation sites (tertiary alicyclic amines) is 1. The lowest BCUT2D eigenvalue weighted by molar-refractivity contribution is -0.384. The Morgan fingerprint density at radius 3 is 2.58 bits per heavy atom. The minimum atomic E-state index is -0.368. The Morgan fingerprint density at radius 1 is 1.42 bits per heavy atom. The molecule has 0 spiro atoms. The molecule has 0 saturated carbocycles. The van der Waals surface area contributed by atoms with Gasteiger partial charge < -0.3 is 5.73 Å². The van der Waals surface area contributed by atoms with Crippen LogP contribution in [-0.4, -0.2) is 29.0 Å². The van der Waals surface area contributed by atoms with E-state index in [4.69, 9.17) is 5.73 Å². The zero-order valence-electron chi connectivity index (χ0n) is 11.5. The summed E-state index contributed by atoms with van der Waals surface area (Å²) in [6.07, 6.45) is 1.000. The Morgan fingerprint density at radius 2 is 2.05 bits per heavy atom. The fraction of sp³-hybridized carbons (Fsp3) is 0.571. The second-order valence-electron chi connectivity index (χ2n) is 6.02. The largest absolute Gasteiger partial charge is 0.327 e. The van der Waals surface area contributed by atoms with E-state index in [-0.39, 0.29) is 22.1 Å². The van der Waals surface area contributed by atoms with Crippen LogP contribution in [0.3, 0.4) is 0 Å². The van der Waals surface area contributed by atoms with E-state index in [1.165, 1.54) is 0 Å². The zero-order valence-corrected chi connectivity index (χ0v) is 11.5. The number of rotatable bonds is 3. The molecule has 1 saturated heterocycles. The van der Waals surface area contributed by atoms with E-state index >= 15 is 0 Å². The number of nitrogens with zero attached hydrogens (tertiary/aromatic N) is 2. The maximum atomic E-state index is 10.6. The van der Waals surface area contributed by atoms with E-state index in [9.17, 15) is 10.1 Å². The fourth-order valence-corrected chi connectivity index (χ4v) is 2.60. The van der Waals surface area contributed by atoms with Gasteiger partial charge in [0.1, 0.15) is 0 Å². The van der Waals surface area contributed by atoms with Gasteiger partial charge in [0, 0.05) is 37.8 Å². The first-order valence-corrected chi connectivity index (χ1v) is 6.60. The predicted octanol–water partition coefficient (Wildman–Crippen LogP) is 2.15. The molecule has 1 fully saturated rings. The first-order chi connectivity index (χ1) is 8.88. The van der Waals surface area contributed by atoms with Crippen molar-refractivity contribution in [3.63, 3.8) is 0 Å². The Bertz CT molecular complexity index is 456. The fourth-order valence-electron chi connectivity index (χ4n) is 2.60. The van der Waals surface area contributed by atoms with E-state index in [2.05, 4.69) is 18.7 Å². The molecule has 1 aromatic rings. The average Bonchev–Trinajstić information content (AvgIpc) is 2.34. The minimum absolute atomic E-state index is 0.124. The van der Waals surface area contributed by atoms with Gasteiger partial charge in [-0.05, 0) is 17.4 Å². The molecule has 5 nitrogen and oxygen atoms in total. The molecule has 0 radical (unpaired) electrons. The number of piperidine rings is 1. The van der Waals surface area contributed by atoms with E-state index in [0.29, 0.717) is 0 Å². The highest BCUT2D eigenvalue weighted by molar-refractivity contribution is 5.32. The smallest absolute Gasteiger partial charge is 0.269 e. The molecule has 2 rings (SSSR count). The van der Waals surface area contributed by atoms with Crippen LogP contribution in [0.5, 0.6) is 0 Å². The summed E-state index contributed by atoms with van der Waals surface area (Å²) >= 11 is 0. The highest BCUT2D eigenvalue weighted by Gasteiger charge is 2.33. The van der Waals surface area contributed by atoms with Crippen molar-refractivity contribution in [1.29, 1.82) is 0 Å². The molecule has 0 amide bonds. The van der Waals surface area contributed by atoms with Crippen molar-refractivity contribution in [2.45, 2.75) is 32.9 Å². The summed E-state index contributed by atoms with van der Waals surface area (Å²) in [4.78, 5) is 12.6. The van der Waals surface area contributed by atoms with Gasteiger partial charge in [-0.1, -0.05) is 26.0 Å². The zero-order chi connectivity index (χ0) is 14.0. The SMILES string of the molecule is CC1(C)CN(Cc2ccc([N+](=O)[O-])cc2)CCC1N. The summed E-state index contributed by atoms with van der Waals surface area (Å²) in [6.45, 7) is 7.17. The van der Waals surface area contributed by atoms with Crippen LogP contribution >= 0.6 is 0 Å². The van der Waals surface area contributed by atoms with Crippen molar-refractivity contribution in [3.05, 3.63) is 39.9 Å². The standard InChI is InChI=1S/C14H21N3O2/c1-14(2)10-16(8-7-13(14)15)9-11-3-5-12(6-4-11)17(18)19/h3-6,13H,7-10,15H2,1-2H3. The highest BCUT2D eigenvalue weighted by atomic mass is 16.6. The van der Waals surface area contributed by atoms with Crippen LogP contribution in [0.15, 0.2) is 24.3 Å². The molecular weight excluding hydrogens is 242 g/mol. The maximum Gasteiger partial charge on any atom is 0.269 e. The van der Waals surface area contributed by atoms with Crippen molar-refractivity contribution in [2.24, 2.45) is 11.1 Å². The van der Waals surface area contributed by atoms with E-state index in [1.54, 1.807) is 12.1 Å². The Labute approximate surface area is 113 Å². The normalized spacial score (nSPS) is 23.2. The molecule has 1 atom stereocenters. The summed E-state index contributed by atoms with van der Waals surface area (Å²) in [5.74, 6) is 0. The third kappa shape index (κ3) is 3.30. The molecule has 0 aliphatic carbocycles. The van der Waals surface area contributed by atoms with Crippen molar-refractivity contribution in [1.82, 2.24) is 4.90 Å². The number of nitro groups is 1. The van der Waals surface area contributed by atoms with Gasteiger partial charge in [-0.25, -0.2) is 0 Å². The Hall–Kier alpha value is -1.46. The summed E-state index contributed by atoms with van der Waals surface area (Å²) in [5, 5.41) is 10.6. The summed E-state index contributed by atoms with van der Waals surface area (Å²) in [5.41, 5.74) is 7.50. The average molecular weight is 263 g/mol. The molecule has 1 aliphatic heterocycles. The molecule has 19 heavy (non-hydrogen) atoms. The Kier molecular flexibility index (Phi) is 3.87. The number of nitro benzene ring substituents is 1. The summed E-state index contributed by atoms with van der Waals surface area (Å²) in [7, 11) is 0. The number of benzene rings is 1. The number of hydrogen-bond donors (Lipinski definition) is 1. The van der Waals surface area contributed by atoms with Crippen LogP contribution in [0.4, 0.5) is 5.69 Å². The quantitative estimate of drug-likeness (QED) is 0.670. The van der Waals surface area contributed by atoms with E-state index < -0.39 is 0 Å². The second kappa shape index (κ2) is 5.27. The second-order valence-corrected chi connectivity index (χ2v) is 6.02. The molecule has 2 N–H and O–H groups in total. The molecule has 104 valence electrons. The highest BCUT2D eigenvalue weighted by Crippen LogP contribution is 2.28. The van der Waals surface area contributed by atoms with Crippen LogP contribution in [-0.2, 0) is 6.54 Å². The van der Waals surface area contributed by atoms with Gasteiger partial charge in [-0.15, -0.1) is 0 Å². The molecular formula is C14H21N3O2. The predicted molar refractivity (Wildman–Crippen MR) is 74.7 cm³/mol. The van der Waals surface area contributed by atoms with Gasteiger partial charge in [-0.2, -0.15) is 0 Å². The molecule has 0 bridgehead atoms. The van der Waals surface area contributed by atoms with Gasteiger partial charge in [-0.3, -0.25) is 15.0 Å².